The Labute approximate surface area is 170 Å². The van der Waals surface area contributed by atoms with E-state index in [1.807, 2.05) is 13.8 Å². The Morgan fingerprint density at radius 2 is 1.86 bits per heavy atom. The molecule has 152 valence electrons. The van der Waals surface area contributed by atoms with Crippen molar-refractivity contribution in [1.29, 1.82) is 0 Å². The highest BCUT2D eigenvalue weighted by Crippen LogP contribution is 2.28. The van der Waals surface area contributed by atoms with E-state index in [0.29, 0.717) is 29.5 Å². The van der Waals surface area contributed by atoms with Gasteiger partial charge in [0.2, 0.25) is 5.91 Å². The molecule has 1 atom stereocenters. The summed E-state index contributed by atoms with van der Waals surface area (Å²) in [5.41, 5.74) is 6.88. The predicted molar refractivity (Wildman–Crippen MR) is 111 cm³/mol. The van der Waals surface area contributed by atoms with Crippen LogP contribution in [-0.2, 0) is 4.79 Å². The van der Waals surface area contributed by atoms with Gasteiger partial charge in [-0.15, -0.1) is 12.4 Å². The summed E-state index contributed by atoms with van der Waals surface area (Å²) in [4.78, 5) is 24.6. The number of carbonyl (C=O) groups is 2. The first kappa shape index (κ1) is 23.4. The minimum atomic E-state index is -0.627. The van der Waals surface area contributed by atoms with Gasteiger partial charge < -0.3 is 21.1 Å². The highest BCUT2D eigenvalue weighted by Gasteiger charge is 2.16. The van der Waals surface area contributed by atoms with Crippen LogP contribution in [0.1, 0.15) is 30.6 Å². The summed E-state index contributed by atoms with van der Waals surface area (Å²) in [7, 11) is 1.46. The van der Waals surface area contributed by atoms with Crippen LogP contribution in [0, 0.1) is 11.7 Å². The number of methoxy groups -OCH3 is 1. The Balaban J connectivity index is 0.00000392. The van der Waals surface area contributed by atoms with Crippen LogP contribution < -0.4 is 21.1 Å². The summed E-state index contributed by atoms with van der Waals surface area (Å²) < 4.78 is 18.6. The van der Waals surface area contributed by atoms with Gasteiger partial charge in [-0.2, -0.15) is 0 Å². The summed E-state index contributed by atoms with van der Waals surface area (Å²) in [6.07, 6.45) is 0.561. The Bertz CT molecular complexity index is 830. The first-order valence-electron chi connectivity index (χ1n) is 8.61. The molecule has 4 N–H and O–H groups in total. The van der Waals surface area contributed by atoms with Gasteiger partial charge in [-0.25, -0.2) is 4.39 Å². The molecular formula is C20H25ClFN3O3. The van der Waals surface area contributed by atoms with Gasteiger partial charge in [0.15, 0.2) is 0 Å². The molecule has 0 bridgehead atoms. The summed E-state index contributed by atoms with van der Waals surface area (Å²) in [5, 5.41) is 5.40. The minimum absolute atomic E-state index is 0. The maximum Gasteiger partial charge on any atom is 0.255 e. The van der Waals surface area contributed by atoms with Crippen molar-refractivity contribution < 1.29 is 18.7 Å². The molecule has 0 aliphatic carbocycles. The zero-order valence-corrected chi connectivity index (χ0v) is 16.8. The summed E-state index contributed by atoms with van der Waals surface area (Å²) >= 11 is 0. The molecule has 6 nitrogen and oxygen atoms in total. The maximum atomic E-state index is 13.3. The second-order valence-corrected chi connectivity index (χ2v) is 6.60. The lowest BCUT2D eigenvalue weighted by Crippen LogP contribution is -2.36. The van der Waals surface area contributed by atoms with Crippen LogP contribution in [0.5, 0.6) is 5.75 Å². The molecule has 0 aliphatic rings. The molecule has 2 aromatic carbocycles. The van der Waals surface area contributed by atoms with Crippen LogP contribution in [-0.4, -0.2) is 25.0 Å². The average molecular weight is 410 g/mol. The van der Waals surface area contributed by atoms with Gasteiger partial charge in [0.25, 0.3) is 5.91 Å². The zero-order chi connectivity index (χ0) is 20.0. The number of amides is 2. The van der Waals surface area contributed by atoms with Crippen molar-refractivity contribution in [2.75, 3.05) is 17.7 Å². The monoisotopic (exact) mass is 409 g/mol. The molecule has 2 aromatic rings. The molecule has 0 saturated heterocycles. The van der Waals surface area contributed by atoms with Gasteiger partial charge in [-0.1, -0.05) is 19.9 Å². The molecule has 2 amide bonds. The van der Waals surface area contributed by atoms with Crippen LogP contribution in [0.3, 0.4) is 0 Å². The predicted octanol–water partition coefficient (Wildman–Crippen LogP) is 3.82. The van der Waals surface area contributed by atoms with Crippen LogP contribution in [0.15, 0.2) is 42.5 Å². The standard InChI is InChI=1S/C20H24FN3O3.ClH/c1-12(2)9-16(22)20(26)23-15-7-8-18(27-3)17(11-15)24-19(25)13-5-4-6-14(21)10-13;/h4-8,10-12,16H,9,22H2,1-3H3,(H,23,26)(H,24,25);1H/t16-;/m0./s1. The molecule has 0 unspecified atom stereocenters. The second kappa shape index (κ2) is 10.6. The number of hydrogen-bond acceptors (Lipinski definition) is 4. The normalized spacial score (nSPS) is 11.4. The van der Waals surface area contributed by atoms with E-state index < -0.39 is 17.8 Å². The molecule has 0 spiro atoms. The van der Waals surface area contributed by atoms with E-state index in [1.165, 1.54) is 25.3 Å². The first-order chi connectivity index (χ1) is 12.8. The van der Waals surface area contributed by atoms with E-state index in [4.69, 9.17) is 10.5 Å². The van der Waals surface area contributed by atoms with Gasteiger partial charge >= 0.3 is 0 Å². The molecule has 0 radical (unpaired) electrons. The van der Waals surface area contributed by atoms with Crippen molar-refractivity contribution >= 4 is 35.6 Å². The first-order valence-corrected chi connectivity index (χ1v) is 8.61. The lowest BCUT2D eigenvalue weighted by molar-refractivity contribution is -0.117. The number of anilines is 2. The van der Waals surface area contributed by atoms with Gasteiger partial charge in [0.05, 0.1) is 18.8 Å². The smallest absolute Gasteiger partial charge is 0.255 e. The fraction of sp³-hybridized carbons (Fsp3) is 0.300. The Morgan fingerprint density at radius 3 is 2.46 bits per heavy atom. The summed E-state index contributed by atoms with van der Waals surface area (Å²) in [6.45, 7) is 3.97. The maximum absolute atomic E-state index is 13.3. The number of halogens is 2. The van der Waals surface area contributed by atoms with E-state index in [1.54, 1.807) is 18.2 Å². The number of ether oxygens (including phenoxy) is 1. The average Bonchev–Trinajstić information content (AvgIpc) is 2.61. The van der Waals surface area contributed by atoms with E-state index in [2.05, 4.69) is 10.6 Å². The molecule has 0 saturated carbocycles. The number of carbonyl (C=O) groups excluding carboxylic acids is 2. The molecule has 0 heterocycles. The van der Waals surface area contributed by atoms with Crippen molar-refractivity contribution in [2.45, 2.75) is 26.3 Å². The third-order valence-electron chi connectivity index (χ3n) is 3.86. The van der Waals surface area contributed by atoms with Gasteiger partial charge in [-0.3, -0.25) is 9.59 Å². The van der Waals surface area contributed by atoms with E-state index in [0.717, 1.165) is 6.07 Å². The number of rotatable bonds is 7. The molecular weight excluding hydrogens is 385 g/mol. The fourth-order valence-electron chi connectivity index (χ4n) is 2.56. The SMILES string of the molecule is COc1ccc(NC(=O)[C@@H](N)CC(C)C)cc1NC(=O)c1cccc(F)c1.Cl. The Morgan fingerprint density at radius 1 is 1.14 bits per heavy atom. The van der Waals surface area contributed by atoms with Crippen LogP contribution >= 0.6 is 12.4 Å². The Kier molecular flexibility index (Phi) is 8.88. The molecule has 0 aliphatic heterocycles. The van der Waals surface area contributed by atoms with Crippen LogP contribution in [0.4, 0.5) is 15.8 Å². The van der Waals surface area contributed by atoms with Gasteiger partial charge in [0, 0.05) is 11.3 Å². The number of nitrogens with two attached hydrogens (primary N) is 1. The van der Waals surface area contributed by atoms with Crippen molar-refractivity contribution in [2.24, 2.45) is 11.7 Å². The lowest BCUT2D eigenvalue weighted by atomic mass is 10.0. The third-order valence-corrected chi connectivity index (χ3v) is 3.86. The second-order valence-electron chi connectivity index (χ2n) is 6.60. The largest absolute Gasteiger partial charge is 0.495 e. The summed E-state index contributed by atoms with van der Waals surface area (Å²) in [6, 6.07) is 9.55. The number of benzene rings is 2. The summed E-state index contributed by atoms with van der Waals surface area (Å²) in [5.74, 6) is -0.606. The van der Waals surface area contributed by atoms with E-state index in [-0.39, 0.29) is 23.9 Å². The lowest BCUT2D eigenvalue weighted by Gasteiger charge is -2.16. The topological polar surface area (TPSA) is 93.4 Å². The molecule has 0 fully saturated rings. The third kappa shape index (κ3) is 6.51. The highest BCUT2D eigenvalue weighted by molar-refractivity contribution is 6.05. The molecule has 8 heteroatoms. The van der Waals surface area contributed by atoms with Crippen LogP contribution in [0.2, 0.25) is 0 Å². The Hall–Kier alpha value is -2.64. The van der Waals surface area contributed by atoms with Crippen molar-refractivity contribution in [3.63, 3.8) is 0 Å². The molecule has 0 aromatic heterocycles. The van der Waals surface area contributed by atoms with E-state index in [9.17, 15) is 14.0 Å². The van der Waals surface area contributed by atoms with Gasteiger partial charge in [-0.05, 0) is 48.7 Å². The minimum Gasteiger partial charge on any atom is -0.495 e. The molecule has 28 heavy (non-hydrogen) atoms. The zero-order valence-electron chi connectivity index (χ0n) is 16.0. The fourth-order valence-corrected chi connectivity index (χ4v) is 2.56. The number of hydrogen-bond donors (Lipinski definition) is 3. The highest BCUT2D eigenvalue weighted by atomic mass is 35.5. The van der Waals surface area contributed by atoms with Crippen molar-refractivity contribution in [3.05, 3.63) is 53.8 Å². The molecule has 2 rings (SSSR count). The van der Waals surface area contributed by atoms with Gasteiger partial charge in [0.1, 0.15) is 11.6 Å². The van der Waals surface area contributed by atoms with Crippen LogP contribution in [0.25, 0.3) is 0 Å². The number of nitrogens with one attached hydrogen (secondary N) is 2. The van der Waals surface area contributed by atoms with E-state index >= 15 is 0 Å². The quantitative estimate of drug-likeness (QED) is 0.648. The van der Waals surface area contributed by atoms with Crippen molar-refractivity contribution in [3.8, 4) is 5.75 Å². The van der Waals surface area contributed by atoms with Crippen molar-refractivity contribution in [1.82, 2.24) is 0 Å².